The lowest BCUT2D eigenvalue weighted by molar-refractivity contribution is 0.113. The van der Waals surface area contributed by atoms with E-state index in [0.29, 0.717) is 12.5 Å². The van der Waals surface area contributed by atoms with E-state index >= 15 is 0 Å². The highest BCUT2D eigenvalue weighted by Gasteiger charge is 2.21. The van der Waals surface area contributed by atoms with Crippen LogP contribution in [0.4, 0.5) is 4.39 Å². The Bertz CT molecular complexity index is 611. The first kappa shape index (κ1) is 15.2. The van der Waals surface area contributed by atoms with Crippen molar-refractivity contribution >= 4 is 0 Å². The van der Waals surface area contributed by atoms with Crippen molar-refractivity contribution in [3.63, 3.8) is 0 Å². The summed E-state index contributed by atoms with van der Waals surface area (Å²) in [5.41, 5.74) is 0.758. The van der Waals surface area contributed by atoms with E-state index < -0.39 is 6.10 Å². The van der Waals surface area contributed by atoms with Gasteiger partial charge in [0, 0.05) is 38.4 Å². The average molecular weight is 303 g/mol. The van der Waals surface area contributed by atoms with Crippen LogP contribution in [0.1, 0.15) is 23.9 Å². The number of hydrogen-bond acceptors (Lipinski definition) is 3. The van der Waals surface area contributed by atoms with Gasteiger partial charge in [0.2, 0.25) is 0 Å². The Kier molecular flexibility index (Phi) is 4.55. The van der Waals surface area contributed by atoms with Crippen molar-refractivity contribution in [3.8, 4) is 0 Å². The van der Waals surface area contributed by atoms with Gasteiger partial charge in [-0.05, 0) is 37.1 Å². The SMILES string of the molecule is CN(C[C@H]1CCc2nccn2C1)C[C@@H](O)c1ccc(F)cc1. The van der Waals surface area contributed by atoms with Crippen molar-refractivity contribution in [1.82, 2.24) is 14.5 Å². The van der Waals surface area contributed by atoms with Gasteiger partial charge in [-0.15, -0.1) is 0 Å². The highest BCUT2D eigenvalue weighted by molar-refractivity contribution is 5.18. The zero-order valence-corrected chi connectivity index (χ0v) is 12.8. The van der Waals surface area contributed by atoms with Gasteiger partial charge in [0.25, 0.3) is 0 Å². The molecule has 0 aliphatic carbocycles. The Morgan fingerprint density at radius 2 is 2.18 bits per heavy atom. The largest absolute Gasteiger partial charge is 0.387 e. The normalized spacial score (nSPS) is 19.2. The number of fused-ring (bicyclic) bond motifs is 1. The number of nitrogens with zero attached hydrogens (tertiary/aromatic N) is 3. The van der Waals surface area contributed by atoms with Crippen LogP contribution >= 0.6 is 0 Å². The summed E-state index contributed by atoms with van der Waals surface area (Å²) in [4.78, 5) is 6.50. The summed E-state index contributed by atoms with van der Waals surface area (Å²) in [6.45, 7) is 2.49. The smallest absolute Gasteiger partial charge is 0.123 e. The molecular formula is C17H22FN3O. The monoisotopic (exact) mass is 303 g/mol. The molecule has 2 aromatic rings. The topological polar surface area (TPSA) is 41.3 Å². The molecule has 0 saturated carbocycles. The first-order chi connectivity index (χ1) is 10.6. The number of aliphatic hydroxyl groups is 1. The minimum absolute atomic E-state index is 0.275. The molecule has 1 N–H and O–H groups in total. The van der Waals surface area contributed by atoms with Crippen LogP contribution in [0, 0.1) is 11.7 Å². The molecular weight excluding hydrogens is 281 g/mol. The first-order valence-corrected chi connectivity index (χ1v) is 7.74. The molecule has 22 heavy (non-hydrogen) atoms. The van der Waals surface area contributed by atoms with Crippen LogP contribution < -0.4 is 0 Å². The molecule has 3 rings (SSSR count). The van der Waals surface area contributed by atoms with E-state index in [9.17, 15) is 9.50 Å². The third kappa shape index (κ3) is 3.54. The fourth-order valence-corrected chi connectivity index (χ4v) is 3.19. The lowest BCUT2D eigenvalue weighted by atomic mass is 9.98. The third-order valence-electron chi connectivity index (χ3n) is 4.34. The molecule has 2 atom stereocenters. The van der Waals surface area contributed by atoms with E-state index in [1.54, 1.807) is 12.1 Å². The van der Waals surface area contributed by atoms with Gasteiger partial charge in [-0.3, -0.25) is 0 Å². The molecule has 5 heteroatoms. The minimum Gasteiger partial charge on any atom is -0.387 e. The molecule has 0 bridgehead atoms. The number of aliphatic hydroxyl groups excluding tert-OH is 1. The van der Waals surface area contributed by atoms with Crippen molar-refractivity contribution < 1.29 is 9.50 Å². The van der Waals surface area contributed by atoms with E-state index in [1.807, 2.05) is 19.4 Å². The summed E-state index contributed by atoms with van der Waals surface area (Å²) < 4.78 is 15.1. The van der Waals surface area contributed by atoms with Gasteiger partial charge in [0.05, 0.1) is 6.10 Å². The molecule has 2 heterocycles. The molecule has 0 unspecified atom stereocenters. The van der Waals surface area contributed by atoms with Crippen molar-refractivity contribution in [2.45, 2.75) is 25.5 Å². The fourth-order valence-electron chi connectivity index (χ4n) is 3.19. The van der Waals surface area contributed by atoms with Crippen molar-refractivity contribution in [2.24, 2.45) is 5.92 Å². The minimum atomic E-state index is -0.585. The van der Waals surface area contributed by atoms with Crippen LogP contribution in [0.25, 0.3) is 0 Å². The standard InChI is InChI=1S/C17H22FN3O/c1-20(12-16(22)14-3-5-15(18)6-4-14)10-13-2-7-17-19-8-9-21(17)11-13/h3-6,8-9,13,16,22H,2,7,10-12H2,1H3/t13-,16-/m1/s1. The predicted octanol–water partition coefficient (Wildman–Crippen LogP) is 2.25. The molecule has 1 aliphatic rings. The van der Waals surface area contributed by atoms with Crippen LogP contribution in [0.5, 0.6) is 0 Å². The number of rotatable bonds is 5. The fraction of sp³-hybridized carbons (Fsp3) is 0.471. The summed E-state index contributed by atoms with van der Waals surface area (Å²) in [5, 5.41) is 10.3. The van der Waals surface area contributed by atoms with Crippen molar-refractivity contribution in [3.05, 3.63) is 53.9 Å². The van der Waals surface area contributed by atoms with Crippen LogP contribution in [-0.4, -0.2) is 39.7 Å². The van der Waals surface area contributed by atoms with Crippen molar-refractivity contribution in [1.29, 1.82) is 0 Å². The summed E-state index contributed by atoms with van der Waals surface area (Å²) in [7, 11) is 2.02. The molecule has 1 aromatic carbocycles. The van der Waals surface area contributed by atoms with Crippen LogP contribution in [0.2, 0.25) is 0 Å². The second kappa shape index (κ2) is 6.58. The lowest BCUT2D eigenvalue weighted by Crippen LogP contribution is -2.33. The summed E-state index contributed by atoms with van der Waals surface area (Å²) >= 11 is 0. The predicted molar refractivity (Wildman–Crippen MR) is 82.9 cm³/mol. The summed E-state index contributed by atoms with van der Waals surface area (Å²) in [5.74, 6) is 1.47. The molecule has 0 fully saturated rings. The molecule has 118 valence electrons. The maximum absolute atomic E-state index is 12.9. The first-order valence-electron chi connectivity index (χ1n) is 7.74. The van der Waals surface area contributed by atoms with Crippen LogP contribution in [0.3, 0.4) is 0 Å². The molecule has 0 saturated heterocycles. The Balaban J connectivity index is 1.52. The molecule has 0 radical (unpaired) electrons. The van der Waals surface area contributed by atoms with Gasteiger partial charge in [-0.25, -0.2) is 9.37 Å². The quantitative estimate of drug-likeness (QED) is 0.921. The second-order valence-electron chi connectivity index (χ2n) is 6.19. The van der Waals surface area contributed by atoms with Gasteiger partial charge in [-0.2, -0.15) is 0 Å². The maximum atomic E-state index is 12.9. The van der Waals surface area contributed by atoms with E-state index in [2.05, 4.69) is 14.5 Å². The average Bonchev–Trinajstić information content (AvgIpc) is 2.95. The highest BCUT2D eigenvalue weighted by atomic mass is 19.1. The number of likely N-dealkylation sites (N-methyl/N-ethyl adjacent to an activating group) is 1. The van der Waals surface area contributed by atoms with E-state index in [4.69, 9.17) is 0 Å². The van der Waals surface area contributed by atoms with Gasteiger partial charge in [-0.1, -0.05) is 12.1 Å². The van der Waals surface area contributed by atoms with E-state index in [-0.39, 0.29) is 5.82 Å². The zero-order chi connectivity index (χ0) is 15.5. The second-order valence-corrected chi connectivity index (χ2v) is 6.19. The highest BCUT2D eigenvalue weighted by Crippen LogP contribution is 2.21. The summed E-state index contributed by atoms with van der Waals surface area (Å²) in [6.07, 6.45) is 5.47. The number of aryl methyl sites for hydroxylation is 1. The number of halogens is 1. The third-order valence-corrected chi connectivity index (χ3v) is 4.34. The van der Waals surface area contributed by atoms with E-state index in [1.165, 1.54) is 18.0 Å². The number of hydrogen-bond donors (Lipinski definition) is 1. The molecule has 0 amide bonds. The van der Waals surface area contributed by atoms with E-state index in [0.717, 1.165) is 31.5 Å². The zero-order valence-electron chi connectivity index (χ0n) is 12.8. The number of imidazole rings is 1. The lowest BCUT2D eigenvalue weighted by Gasteiger charge is -2.29. The number of benzene rings is 1. The molecule has 1 aromatic heterocycles. The Labute approximate surface area is 130 Å². The molecule has 4 nitrogen and oxygen atoms in total. The van der Waals surface area contributed by atoms with Crippen LogP contribution in [0.15, 0.2) is 36.7 Å². The molecule has 0 spiro atoms. The van der Waals surface area contributed by atoms with Gasteiger partial charge >= 0.3 is 0 Å². The van der Waals surface area contributed by atoms with Gasteiger partial charge in [0.15, 0.2) is 0 Å². The van der Waals surface area contributed by atoms with Gasteiger partial charge in [0.1, 0.15) is 11.6 Å². The van der Waals surface area contributed by atoms with Crippen LogP contribution in [-0.2, 0) is 13.0 Å². The summed E-state index contributed by atoms with van der Waals surface area (Å²) in [6, 6.07) is 6.07. The Morgan fingerprint density at radius 1 is 1.41 bits per heavy atom. The van der Waals surface area contributed by atoms with Gasteiger partial charge < -0.3 is 14.6 Å². The Morgan fingerprint density at radius 3 is 2.95 bits per heavy atom. The molecule has 1 aliphatic heterocycles. The Hall–Kier alpha value is -1.72. The maximum Gasteiger partial charge on any atom is 0.123 e. The number of aromatic nitrogens is 2. The van der Waals surface area contributed by atoms with Crippen molar-refractivity contribution in [2.75, 3.05) is 20.1 Å².